The Labute approximate surface area is 121 Å². The summed E-state index contributed by atoms with van der Waals surface area (Å²) >= 11 is 0. The van der Waals surface area contributed by atoms with E-state index in [9.17, 15) is 0 Å². The third kappa shape index (κ3) is 3.20. The van der Waals surface area contributed by atoms with Crippen LogP contribution < -0.4 is 10.1 Å². The van der Waals surface area contributed by atoms with Gasteiger partial charge in [0, 0.05) is 23.0 Å². The molecule has 0 radical (unpaired) electrons. The molecule has 1 N–H and O–H groups in total. The van der Waals surface area contributed by atoms with Crippen molar-refractivity contribution in [3.63, 3.8) is 0 Å². The van der Waals surface area contributed by atoms with Gasteiger partial charge in [-0.05, 0) is 12.3 Å². The highest BCUT2D eigenvalue weighted by Crippen LogP contribution is 2.33. The van der Waals surface area contributed by atoms with E-state index in [0.717, 1.165) is 11.1 Å². The number of fused-ring (bicyclic) bond motifs is 1. The first-order valence-electron chi connectivity index (χ1n) is 7.15. The maximum Gasteiger partial charge on any atom is 0.132 e. The average Bonchev–Trinajstić information content (AvgIpc) is 2.43. The molecule has 0 heterocycles. The molecule has 0 aromatic heterocycles. The van der Waals surface area contributed by atoms with Crippen LogP contribution in [0.15, 0.2) is 49.1 Å². The molecule has 0 aliphatic heterocycles. The van der Waals surface area contributed by atoms with Gasteiger partial charge in [0.15, 0.2) is 0 Å². The highest BCUT2D eigenvalue weighted by Gasteiger charge is 2.15. The Bertz CT molecular complexity index is 589. The van der Waals surface area contributed by atoms with Crippen molar-refractivity contribution in [2.45, 2.75) is 32.9 Å². The average molecular weight is 269 g/mol. The molecule has 2 rings (SSSR count). The lowest BCUT2D eigenvalue weighted by atomic mass is 10.0. The summed E-state index contributed by atoms with van der Waals surface area (Å²) in [5.74, 6) is 0.962. The van der Waals surface area contributed by atoms with E-state index in [-0.39, 0.29) is 6.04 Å². The summed E-state index contributed by atoms with van der Waals surface area (Å²) in [5, 5.41) is 5.89. The second-order valence-electron chi connectivity index (χ2n) is 5.35. The highest BCUT2D eigenvalue weighted by molar-refractivity contribution is 5.89. The molecule has 2 heteroatoms. The van der Waals surface area contributed by atoms with Gasteiger partial charge in [-0.2, -0.15) is 0 Å². The second-order valence-corrected chi connectivity index (χ2v) is 5.35. The zero-order chi connectivity index (χ0) is 14.5. The second kappa shape index (κ2) is 6.58. The summed E-state index contributed by atoms with van der Waals surface area (Å²) in [4.78, 5) is 0. The van der Waals surface area contributed by atoms with Crippen molar-refractivity contribution in [3.05, 3.63) is 54.6 Å². The van der Waals surface area contributed by atoms with Crippen LogP contribution in [0.3, 0.4) is 0 Å². The number of hydrogen-bond acceptors (Lipinski definition) is 2. The minimum absolute atomic E-state index is 0.249. The number of benzene rings is 2. The van der Waals surface area contributed by atoms with Crippen molar-refractivity contribution < 1.29 is 4.74 Å². The molecule has 2 aromatic carbocycles. The Hall–Kier alpha value is -1.80. The third-order valence-electron chi connectivity index (χ3n) is 3.31. The summed E-state index contributed by atoms with van der Waals surface area (Å²) in [6.07, 6.45) is 1.78. The summed E-state index contributed by atoms with van der Waals surface area (Å²) in [6, 6.07) is 13.3. The molecule has 0 fully saturated rings. The van der Waals surface area contributed by atoms with Gasteiger partial charge < -0.3 is 10.1 Å². The van der Waals surface area contributed by atoms with E-state index in [1.807, 2.05) is 6.07 Å². The molecular formula is C18H23NO. The van der Waals surface area contributed by atoms with Gasteiger partial charge in [-0.3, -0.25) is 0 Å². The first kappa shape index (κ1) is 14.6. The predicted molar refractivity (Wildman–Crippen MR) is 86.3 cm³/mol. The van der Waals surface area contributed by atoms with Crippen LogP contribution >= 0.6 is 0 Å². The molecule has 2 aromatic rings. The standard InChI is InChI=1S/C18H23NO/c1-5-12-20-18-16(14(4)19-13(2)3)11-10-15-8-6-7-9-17(15)18/h5-11,13-14,19H,1,12H2,2-4H3. The zero-order valence-electron chi connectivity index (χ0n) is 12.5. The smallest absolute Gasteiger partial charge is 0.132 e. The molecule has 0 bridgehead atoms. The van der Waals surface area contributed by atoms with Crippen molar-refractivity contribution >= 4 is 10.8 Å². The summed E-state index contributed by atoms with van der Waals surface area (Å²) < 4.78 is 5.94. The van der Waals surface area contributed by atoms with Crippen molar-refractivity contribution in [1.82, 2.24) is 5.32 Å². The maximum atomic E-state index is 5.94. The van der Waals surface area contributed by atoms with Gasteiger partial charge in [-0.1, -0.05) is 62.9 Å². The first-order chi connectivity index (χ1) is 9.63. The van der Waals surface area contributed by atoms with Crippen LogP contribution in [0.2, 0.25) is 0 Å². The van der Waals surface area contributed by atoms with E-state index in [2.05, 4.69) is 63.0 Å². The maximum absolute atomic E-state index is 5.94. The topological polar surface area (TPSA) is 21.3 Å². The molecule has 0 aliphatic rings. The number of hydrogen-bond donors (Lipinski definition) is 1. The Kier molecular flexibility index (Phi) is 4.80. The van der Waals surface area contributed by atoms with Crippen LogP contribution in [0.1, 0.15) is 32.4 Å². The molecule has 0 spiro atoms. The van der Waals surface area contributed by atoms with Crippen molar-refractivity contribution in [2.24, 2.45) is 0 Å². The van der Waals surface area contributed by atoms with Crippen LogP contribution in [0.4, 0.5) is 0 Å². The Morgan fingerprint density at radius 2 is 1.90 bits per heavy atom. The molecule has 0 amide bonds. The van der Waals surface area contributed by atoms with E-state index in [4.69, 9.17) is 4.74 Å². The minimum atomic E-state index is 0.249. The quantitative estimate of drug-likeness (QED) is 0.782. The lowest BCUT2D eigenvalue weighted by Crippen LogP contribution is -2.26. The monoisotopic (exact) mass is 269 g/mol. The fourth-order valence-electron chi connectivity index (χ4n) is 2.49. The molecule has 0 aliphatic carbocycles. The summed E-state index contributed by atoms with van der Waals surface area (Å²) in [7, 11) is 0. The van der Waals surface area contributed by atoms with E-state index in [0.29, 0.717) is 12.6 Å². The minimum Gasteiger partial charge on any atom is -0.489 e. The van der Waals surface area contributed by atoms with Gasteiger partial charge in [0.1, 0.15) is 12.4 Å². The molecule has 20 heavy (non-hydrogen) atoms. The Balaban J connectivity index is 2.49. The summed E-state index contributed by atoms with van der Waals surface area (Å²) in [6.45, 7) is 10.7. The third-order valence-corrected chi connectivity index (χ3v) is 3.31. The number of nitrogens with one attached hydrogen (secondary N) is 1. The predicted octanol–water partition coefficient (Wildman–Crippen LogP) is 4.46. The highest BCUT2D eigenvalue weighted by atomic mass is 16.5. The van der Waals surface area contributed by atoms with Crippen molar-refractivity contribution in [2.75, 3.05) is 6.61 Å². The van der Waals surface area contributed by atoms with Gasteiger partial charge >= 0.3 is 0 Å². The van der Waals surface area contributed by atoms with Gasteiger partial charge in [-0.15, -0.1) is 0 Å². The molecule has 2 nitrogen and oxygen atoms in total. The number of rotatable bonds is 6. The number of ether oxygens (including phenoxy) is 1. The van der Waals surface area contributed by atoms with Crippen LogP contribution in [0.25, 0.3) is 10.8 Å². The van der Waals surface area contributed by atoms with Crippen LogP contribution in [0.5, 0.6) is 5.75 Å². The van der Waals surface area contributed by atoms with Crippen LogP contribution in [-0.4, -0.2) is 12.6 Å². The van der Waals surface area contributed by atoms with Crippen LogP contribution in [-0.2, 0) is 0 Å². The molecule has 1 atom stereocenters. The first-order valence-corrected chi connectivity index (χ1v) is 7.15. The molecule has 106 valence electrons. The molecule has 1 unspecified atom stereocenters. The fourth-order valence-corrected chi connectivity index (χ4v) is 2.49. The van der Waals surface area contributed by atoms with Crippen LogP contribution in [0, 0.1) is 0 Å². The van der Waals surface area contributed by atoms with Gasteiger partial charge in [0.2, 0.25) is 0 Å². The normalized spacial score (nSPS) is 12.6. The zero-order valence-corrected chi connectivity index (χ0v) is 12.5. The van der Waals surface area contributed by atoms with Crippen molar-refractivity contribution in [3.8, 4) is 5.75 Å². The van der Waals surface area contributed by atoms with Gasteiger partial charge in [-0.25, -0.2) is 0 Å². The van der Waals surface area contributed by atoms with Gasteiger partial charge in [0.05, 0.1) is 0 Å². The summed E-state index contributed by atoms with van der Waals surface area (Å²) in [5.41, 5.74) is 1.19. The van der Waals surface area contributed by atoms with E-state index >= 15 is 0 Å². The lowest BCUT2D eigenvalue weighted by Gasteiger charge is -2.21. The largest absolute Gasteiger partial charge is 0.489 e. The van der Waals surface area contributed by atoms with E-state index < -0.39 is 0 Å². The van der Waals surface area contributed by atoms with E-state index in [1.54, 1.807) is 6.08 Å². The van der Waals surface area contributed by atoms with Gasteiger partial charge in [0.25, 0.3) is 0 Å². The molecular weight excluding hydrogens is 246 g/mol. The van der Waals surface area contributed by atoms with E-state index in [1.165, 1.54) is 10.9 Å². The Morgan fingerprint density at radius 1 is 1.15 bits per heavy atom. The lowest BCUT2D eigenvalue weighted by molar-refractivity contribution is 0.357. The molecule has 0 saturated carbocycles. The SMILES string of the molecule is C=CCOc1c(C(C)NC(C)C)ccc2ccccc12. The fraction of sp³-hybridized carbons (Fsp3) is 0.333. The van der Waals surface area contributed by atoms with Crippen molar-refractivity contribution in [1.29, 1.82) is 0 Å². The molecule has 0 saturated heterocycles. The Morgan fingerprint density at radius 3 is 2.60 bits per heavy atom.